The lowest BCUT2D eigenvalue weighted by atomic mass is 10.1. The molecule has 1 N–H and O–H groups in total. The summed E-state index contributed by atoms with van der Waals surface area (Å²) >= 11 is 0. The van der Waals surface area contributed by atoms with Gasteiger partial charge in [-0.2, -0.15) is 0 Å². The third-order valence-corrected chi connectivity index (χ3v) is 4.24. The zero-order chi connectivity index (χ0) is 17.3. The Kier molecular flexibility index (Phi) is 4.16. The van der Waals surface area contributed by atoms with Gasteiger partial charge in [-0.05, 0) is 42.7 Å². The van der Waals surface area contributed by atoms with Crippen LogP contribution >= 0.6 is 0 Å². The first-order valence-electron chi connectivity index (χ1n) is 7.75. The molecule has 24 heavy (non-hydrogen) atoms. The van der Waals surface area contributed by atoms with Gasteiger partial charge in [0.2, 0.25) is 5.91 Å². The summed E-state index contributed by atoms with van der Waals surface area (Å²) in [4.78, 5) is 37.5. The monoisotopic (exact) mass is 322 g/mol. The van der Waals surface area contributed by atoms with Gasteiger partial charge < -0.3 is 5.32 Å². The molecule has 3 amide bonds. The van der Waals surface area contributed by atoms with Crippen molar-refractivity contribution in [1.82, 2.24) is 10.2 Å². The van der Waals surface area contributed by atoms with Crippen molar-refractivity contribution < 1.29 is 14.4 Å². The lowest BCUT2D eigenvalue weighted by Gasteiger charge is -2.14. The highest BCUT2D eigenvalue weighted by Gasteiger charge is 2.36. The van der Waals surface area contributed by atoms with E-state index >= 15 is 0 Å². The summed E-state index contributed by atoms with van der Waals surface area (Å²) < 4.78 is 0. The number of aryl methyl sites for hydroxylation is 2. The Morgan fingerprint density at radius 1 is 0.958 bits per heavy atom. The summed E-state index contributed by atoms with van der Waals surface area (Å²) in [6, 6.07) is 12.6. The van der Waals surface area contributed by atoms with Gasteiger partial charge in [0, 0.05) is 6.54 Å². The van der Waals surface area contributed by atoms with Crippen LogP contribution in [0.2, 0.25) is 0 Å². The number of imide groups is 1. The van der Waals surface area contributed by atoms with Crippen LogP contribution in [-0.4, -0.2) is 29.2 Å². The lowest BCUT2D eigenvalue weighted by Crippen LogP contribution is -2.40. The fourth-order valence-electron chi connectivity index (χ4n) is 2.70. The second kappa shape index (κ2) is 6.28. The Morgan fingerprint density at radius 2 is 1.58 bits per heavy atom. The summed E-state index contributed by atoms with van der Waals surface area (Å²) in [7, 11) is 0. The lowest BCUT2D eigenvalue weighted by molar-refractivity contribution is -0.121. The van der Waals surface area contributed by atoms with Gasteiger partial charge in [-0.1, -0.05) is 30.3 Å². The van der Waals surface area contributed by atoms with Crippen molar-refractivity contribution in [2.45, 2.75) is 20.4 Å². The molecule has 122 valence electrons. The summed E-state index contributed by atoms with van der Waals surface area (Å²) in [5.74, 6) is -1.20. The number of carbonyl (C=O) groups is 3. The molecule has 1 aliphatic heterocycles. The molecule has 0 bridgehead atoms. The van der Waals surface area contributed by atoms with Crippen LogP contribution in [0.3, 0.4) is 0 Å². The van der Waals surface area contributed by atoms with E-state index < -0.39 is 11.8 Å². The van der Waals surface area contributed by atoms with E-state index in [1.807, 2.05) is 32.0 Å². The maximum atomic E-state index is 12.2. The fourth-order valence-corrected chi connectivity index (χ4v) is 2.70. The van der Waals surface area contributed by atoms with Crippen molar-refractivity contribution in [3.05, 3.63) is 70.3 Å². The molecule has 0 fully saturated rings. The van der Waals surface area contributed by atoms with Crippen molar-refractivity contribution in [2.75, 3.05) is 6.54 Å². The van der Waals surface area contributed by atoms with E-state index in [2.05, 4.69) is 5.32 Å². The Bertz CT molecular complexity index is 807. The molecule has 5 nitrogen and oxygen atoms in total. The van der Waals surface area contributed by atoms with Crippen LogP contribution in [0.1, 0.15) is 37.4 Å². The Balaban J connectivity index is 1.63. The molecule has 0 saturated heterocycles. The van der Waals surface area contributed by atoms with Gasteiger partial charge in [0.25, 0.3) is 11.8 Å². The predicted octanol–water partition coefficient (Wildman–Crippen LogP) is 2.22. The summed E-state index contributed by atoms with van der Waals surface area (Å²) in [6.07, 6.45) is 0. The molecule has 1 heterocycles. The maximum absolute atomic E-state index is 12.2. The van der Waals surface area contributed by atoms with Gasteiger partial charge in [0.15, 0.2) is 0 Å². The maximum Gasteiger partial charge on any atom is 0.262 e. The normalized spacial score (nSPS) is 13.2. The van der Waals surface area contributed by atoms with Crippen LogP contribution in [0.15, 0.2) is 42.5 Å². The van der Waals surface area contributed by atoms with Crippen LogP contribution in [0.5, 0.6) is 0 Å². The number of hydrogen-bond donors (Lipinski definition) is 1. The highest BCUT2D eigenvalue weighted by Crippen LogP contribution is 2.21. The molecule has 5 heteroatoms. The SMILES string of the molecule is Cc1ccc(CNC(=O)CN2C(=O)c3ccccc3C2=O)cc1C. The average molecular weight is 322 g/mol. The molecular formula is C19H18N2O3. The quantitative estimate of drug-likeness (QED) is 0.878. The molecule has 3 rings (SSSR count). The summed E-state index contributed by atoms with van der Waals surface area (Å²) in [5.41, 5.74) is 4.03. The fraction of sp³-hybridized carbons (Fsp3) is 0.211. The first-order chi connectivity index (χ1) is 11.5. The van der Waals surface area contributed by atoms with Crippen LogP contribution in [0.4, 0.5) is 0 Å². The van der Waals surface area contributed by atoms with Crippen molar-refractivity contribution in [3.63, 3.8) is 0 Å². The van der Waals surface area contributed by atoms with Crippen LogP contribution < -0.4 is 5.32 Å². The largest absolute Gasteiger partial charge is 0.350 e. The zero-order valence-electron chi connectivity index (χ0n) is 13.6. The number of nitrogens with zero attached hydrogens (tertiary/aromatic N) is 1. The average Bonchev–Trinajstić information content (AvgIpc) is 2.81. The summed E-state index contributed by atoms with van der Waals surface area (Å²) in [6.45, 7) is 4.14. The van der Waals surface area contributed by atoms with Gasteiger partial charge in [0.05, 0.1) is 11.1 Å². The number of carbonyl (C=O) groups excluding carboxylic acids is 3. The summed E-state index contributed by atoms with van der Waals surface area (Å²) in [5, 5.41) is 2.76. The van der Waals surface area contributed by atoms with E-state index in [1.54, 1.807) is 24.3 Å². The van der Waals surface area contributed by atoms with E-state index in [-0.39, 0.29) is 12.5 Å². The topological polar surface area (TPSA) is 66.5 Å². The molecular weight excluding hydrogens is 304 g/mol. The van der Waals surface area contributed by atoms with E-state index in [4.69, 9.17) is 0 Å². The van der Waals surface area contributed by atoms with Crippen LogP contribution in [-0.2, 0) is 11.3 Å². The number of amides is 3. The molecule has 0 unspecified atom stereocenters. The Labute approximate surface area is 140 Å². The zero-order valence-corrected chi connectivity index (χ0v) is 13.6. The van der Waals surface area contributed by atoms with Crippen molar-refractivity contribution in [1.29, 1.82) is 0 Å². The second-order valence-corrected chi connectivity index (χ2v) is 5.94. The van der Waals surface area contributed by atoms with E-state index in [1.165, 1.54) is 5.56 Å². The van der Waals surface area contributed by atoms with Crippen molar-refractivity contribution in [2.24, 2.45) is 0 Å². The Hall–Kier alpha value is -2.95. The first kappa shape index (κ1) is 15.9. The van der Waals surface area contributed by atoms with E-state index in [0.717, 1.165) is 16.0 Å². The minimum absolute atomic E-state index is 0.267. The van der Waals surface area contributed by atoms with Gasteiger partial charge in [0.1, 0.15) is 6.54 Å². The molecule has 0 aliphatic carbocycles. The second-order valence-electron chi connectivity index (χ2n) is 5.94. The first-order valence-corrected chi connectivity index (χ1v) is 7.75. The molecule has 0 radical (unpaired) electrons. The van der Waals surface area contributed by atoms with E-state index in [9.17, 15) is 14.4 Å². The number of rotatable bonds is 4. The van der Waals surface area contributed by atoms with E-state index in [0.29, 0.717) is 17.7 Å². The standard InChI is InChI=1S/C19H18N2O3/c1-12-7-8-14(9-13(12)2)10-20-17(22)11-21-18(23)15-5-3-4-6-16(15)19(21)24/h3-9H,10-11H2,1-2H3,(H,20,22). The van der Waals surface area contributed by atoms with Gasteiger partial charge in [-0.15, -0.1) is 0 Å². The molecule has 1 aliphatic rings. The predicted molar refractivity (Wildman–Crippen MR) is 89.6 cm³/mol. The Morgan fingerprint density at radius 3 is 2.17 bits per heavy atom. The number of nitrogens with one attached hydrogen (secondary N) is 1. The molecule has 2 aromatic rings. The molecule has 2 aromatic carbocycles. The van der Waals surface area contributed by atoms with Crippen molar-refractivity contribution >= 4 is 17.7 Å². The molecule has 0 spiro atoms. The number of fused-ring (bicyclic) bond motifs is 1. The van der Waals surface area contributed by atoms with Gasteiger partial charge in [-0.25, -0.2) is 0 Å². The highest BCUT2D eigenvalue weighted by atomic mass is 16.2. The number of benzene rings is 2. The van der Waals surface area contributed by atoms with Gasteiger partial charge in [-0.3, -0.25) is 19.3 Å². The van der Waals surface area contributed by atoms with Crippen LogP contribution in [0, 0.1) is 13.8 Å². The molecule has 0 atom stereocenters. The number of hydrogen-bond acceptors (Lipinski definition) is 3. The minimum Gasteiger partial charge on any atom is -0.350 e. The van der Waals surface area contributed by atoms with Crippen molar-refractivity contribution in [3.8, 4) is 0 Å². The van der Waals surface area contributed by atoms with Crippen LogP contribution in [0.25, 0.3) is 0 Å². The van der Waals surface area contributed by atoms with Gasteiger partial charge >= 0.3 is 0 Å². The third-order valence-electron chi connectivity index (χ3n) is 4.24. The smallest absolute Gasteiger partial charge is 0.262 e. The minimum atomic E-state index is -0.420. The molecule has 0 aromatic heterocycles. The highest BCUT2D eigenvalue weighted by molar-refractivity contribution is 6.22. The third kappa shape index (κ3) is 2.93. The molecule has 0 saturated carbocycles.